The van der Waals surface area contributed by atoms with E-state index in [1.807, 2.05) is 36.5 Å². The van der Waals surface area contributed by atoms with Crippen LogP contribution in [0.5, 0.6) is 0 Å². The molecule has 4 nitrogen and oxygen atoms in total. The molecule has 4 heteroatoms. The SMILES string of the molecule is O=C(NCC(c1ccccc1)c1c[nH]c2ccccc12)c1cccnc1. The molecular weight excluding hydrogens is 322 g/mol. The van der Waals surface area contributed by atoms with E-state index >= 15 is 0 Å². The largest absolute Gasteiger partial charge is 0.361 e. The summed E-state index contributed by atoms with van der Waals surface area (Å²) in [6.07, 6.45) is 5.28. The van der Waals surface area contributed by atoms with E-state index < -0.39 is 0 Å². The maximum Gasteiger partial charge on any atom is 0.252 e. The van der Waals surface area contributed by atoms with Crippen LogP contribution < -0.4 is 5.32 Å². The van der Waals surface area contributed by atoms with Crippen LogP contribution in [0.25, 0.3) is 10.9 Å². The summed E-state index contributed by atoms with van der Waals surface area (Å²) in [5, 5.41) is 4.24. The summed E-state index contributed by atoms with van der Waals surface area (Å²) in [6, 6.07) is 22.0. The first-order valence-corrected chi connectivity index (χ1v) is 8.62. The zero-order valence-corrected chi connectivity index (χ0v) is 14.2. The van der Waals surface area contributed by atoms with Gasteiger partial charge in [0.25, 0.3) is 5.91 Å². The zero-order valence-electron chi connectivity index (χ0n) is 14.2. The molecule has 0 aliphatic rings. The van der Waals surface area contributed by atoms with Gasteiger partial charge in [-0.05, 0) is 29.3 Å². The Labute approximate surface area is 151 Å². The van der Waals surface area contributed by atoms with Crippen molar-refractivity contribution in [2.75, 3.05) is 6.54 Å². The van der Waals surface area contributed by atoms with Gasteiger partial charge in [0.05, 0.1) is 5.56 Å². The minimum absolute atomic E-state index is 0.0629. The molecule has 2 heterocycles. The monoisotopic (exact) mass is 341 g/mol. The van der Waals surface area contributed by atoms with E-state index in [0.717, 1.165) is 5.52 Å². The number of nitrogens with one attached hydrogen (secondary N) is 2. The summed E-state index contributed by atoms with van der Waals surface area (Å²) in [5.41, 5.74) is 4.02. The molecule has 26 heavy (non-hydrogen) atoms. The molecule has 0 fully saturated rings. The fraction of sp³-hybridized carbons (Fsp3) is 0.0909. The Morgan fingerprint density at radius 2 is 1.81 bits per heavy atom. The van der Waals surface area contributed by atoms with Gasteiger partial charge in [0.2, 0.25) is 0 Å². The van der Waals surface area contributed by atoms with Crippen LogP contribution in [-0.2, 0) is 0 Å². The number of nitrogens with zero attached hydrogens (tertiary/aromatic N) is 1. The Morgan fingerprint density at radius 1 is 1.00 bits per heavy atom. The molecule has 2 aromatic heterocycles. The molecule has 0 bridgehead atoms. The molecule has 1 amide bonds. The van der Waals surface area contributed by atoms with Gasteiger partial charge < -0.3 is 10.3 Å². The molecule has 4 rings (SSSR count). The smallest absolute Gasteiger partial charge is 0.252 e. The van der Waals surface area contributed by atoms with Crippen molar-refractivity contribution >= 4 is 16.8 Å². The third-order valence-corrected chi connectivity index (χ3v) is 4.59. The number of fused-ring (bicyclic) bond motifs is 1. The Bertz CT molecular complexity index is 1010. The third kappa shape index (κ3) is 3.22. The number of amides is 1. The average Bonchev–Trinajstić information content (AvgIpc) is 3.14. The van der Waals surface area contributed by atoms with Gasteiger partial charge in [0.1, 0.15) is 0 Å². The first kappa shape index (κ1) is 16.1. The fourth-order valence-corrected chi connectivity index (χ4v) is 3.27. The van der Waals surface area contributed by atoms with Gasteiger partial charge >= 0.3 is 0 Å². The van der Waals surface area contributed by atoms with Crippen molar-refractivity contribution in [3.8, 4) is 0 Å². The second-order valence-corrected chi connectivity index (χ2v) is 6.20. The first-order valence-electron chi connectivity index (χ1n) is 8.62. The molecule has 0 aliphatic heterocycles. The Morgan fingerprint density at radius 3 is 2.62 bits per heavy atom. The average molecular weight is 341 g/mol. The van der Waals surface area contributed by atoms with E-state index in [2.05, 4.69) is 39.6 Å². The number of pyridine rings is 1. The molecule has 2 aromatic carbocycles. The molecule has 0 saturated carbocycles. The lowest BCUT2D eigenvalue weighted by Crippen LogP contribution is -2.28. The van der Waals surface area contributed by atoms with E-state index in [1.165, 1.54) is 16.5 Å². The Hall–Kier alpha value is -3.40. The number of hydrogen-bond acceptors (Lipinski definition) is 2. The molecule has 0 aliphatic carbocycles. The Kier molecular flexibility index (Phi) is 4.48. The van der Waals surface area contributed by atoms with Gasteiger partial charge in [-0.2, -0.15) is 0 Å². The summed E-state index contributed by atoms with van der Waals surface area (Å²) in [4.78, 5) is 19.8. The van der Waals surface area contributed by atoms with Crippen molar-refractivity contribution in [3.05, 3.63) is 102 Å². The van der Waals surface area contributed by atoms with Gasteiger partial charge in [-0.1, -0.05) is 48.5 Å². The number of rotatable bonds is 5. The highest BCUT2D eigenvalue weighted by molar-refractivity contribution is 5.94. The molecule has 4 aromatic rings. The molecule has 1 atom stereocenters. The highest BCUT2D eigenvalue weighted by Gasteiger charge is 2.19. The van der Waals surface area contributed by atoms with Gasteiger partial charge in [-0.25, -0.2) is 0 Å². The van der Waals surface area contributed by atoms with Crippen molar-refractivity contribution in [2.45, 2.75) is 5.92 Å². The van der Waals surface area contributed by atoms with E-state index in [4.69, 9.17) is 0 Å². The van der Waals surface area contributed by atoms with Gasteiger partial charge in [-0.15, -0.1) is 0 Å². The maximum atomic E-state index is 12.5. The predicted molar refractivity (Wildman–Crippen MR) is 103 cm³/mol. The van der Waals surface area contributed by atoms with E-state index in [0.29, 0.717) is 12.1 Å². The van der Waals surface area contributed by atoms with Gasteiger partial charge in [0, 0.05) is 42.0 Å². The van der Waals surface area contributed by atoms with Crippen molar-refractivity contribution in [1.29, 1.82) is 0 Å². The zero-order chi connectivity index (χ0) is 17.8. The summed E-state index contributed by atoms with van der Waals surface area (Å²) < 4.78 is 0. The highest BCUT2D eigenvalue weighted by atomic mass is 16.1. The minimum Gasteiger partial charge on any atom is -0.361 e. The second kappa shape index (κ2) is 7.23. The van der Waals surface area contributed by atoms with Crippen LogP contribution in [0.1, 0.15) is 27.4 Å². The fourth-order valence-electron chi connectivity index (χ4n) is 3.27. The van der Waals surface area contributed by atoms with Gasteiger partial charge in [-0.3, -0.25) is 9.78 Å². The number of carbonyl (C=O) groups is 1. The van der Waals surface area contributed by atoms with Crippen LogP contribution in [-0.4, -0.2) is 22.4 Å². The van der Waals surface area contributed by atoms with Crippen LogP contribution in [0, 0.1) is 0 Å². The number of carbonyl (C=O) groups excluding carboxylic acids is 1. The van der Waals surface area contributed by atoms with Crippen LogP contribution in [0.4, 0.5) is 0 Å². The Balaban J connectivity index is 1.65. The topological polar surface area (TPSA) is 57.8 Å². The maximum absolute atomic E-state index is 12.5. The number of aromatic nitrogens is 2. The lowest BCUT2D eigenvalue weighted by atomic mass is 9.91. The molecule has 2 N–H and O–H groups in total. The first-order chi connectivity index (χ1) is 12.8. The van der Waals surface area contributed by atoms with E-state index in [9.17, 15) is 4.79 Å². The van der Waals surface area contributed by atoms with Crippen LogP contribution in [0.15, 0.2) is 85.3 Å². The van der Waals surface area contributed by atoms with Gasteiger partial charge in [0.15, 0.2) is 0 Å². The summed E-state index contributed by atoms with van der Waals surface area (Å²) in [7, 11) is 0. The number of benzene rings is 2. The lowest BCUT2D eigenvalue weighted by Gasteiger charge is -2.18. The molecule has 0 radical (unpaired) electrons. The number of para-hydroxylation sites is 1. The van der Waals surface area contributed by atoms with E-state index in [1.54, 1.807) is 24.5 Å². The summed E-state index contributed by atoms with van der Waals surface area (Å²) >= 11 is 0. The third-order valence-electron chi connectivity index (χ3n) is 4.59. The molecule has 1 unspecified atom stereocenters. The lowest BCUT2D eigenvalue weighted by molar-refractivity contribution is 0.0952. The number of aromatic amines is 1. The molecule has 0 spiro atoms. The molecule has 128 valence electrons. The number of H-pyrrole nitrogens is 1. The quantitative estimate of drug-likeness (QED) is 0.573. The second-order valence-electron chi connectivity index (χ2n) is 6.20. The van der Waals surface area contributed by atoms with Crippen molar-refractivity contribution < 1.29 is 4.79 Å². The predicted octanol–water partition coefficient (Wildman–Crippen LogP) is 4.12. The van der Waals surface area contributed by atoms with Crippen molar-refractivity contribution in [2.24, 2.45) is 0 Å². The highest BCUT2D eigenvalue weighted by Crippen LogP contribution is 2.30. The van der Waals surface area contributed by atoms with Crippen LogP contribution in [0.2, 0.25) is 0 Å². The molecule has 0 saturated heterocycles. The summed E-state index contributed by atoms with van der Waals surface area (Å²) in [6.45, 7) is 0.513. The van der Waals surface area contributed by atoms with Crippen molar-refractivity contribution in [1.82, 2.24) is 15.3 Å². The van der Waals surface area contributed by atoms with Crippen LogP contribution in [0.3, 0.4) is 0 Å². The van der Waals surface area contributed by atoms with E-state index in [-0.39, 0.29) is 11.8 Å². The summed E-state index contributed by atoms with van der Waals surface area (Å²) in [5.74, 6) is -0.0492. The molecular formula is C22H19N3O. The van der Waals surface area contributed by atoms with Crippen molar-refractivity contribution in [3.63, 3.8) is 0 Å². The normalized spacial score (nSPS) is 12.0. The van der Waals surface area contributed by atoms with Crippen LogP contribution >= 0.6 is 0 Å². The minimum atomic E-state index is -0.112. The number of hydrogen-bond donors (Lipinski definition) is 2. The standard InChI is InChI=1S/C22H19N3O/c26-22(17-9-6-12-23-13-17)25-14-19(16-7-2-1-3-8-16)20-15-24-21-11-5-4-10-18(20)21/h1-13,15,19,24H,14H2,(H,25,26).